The molecule has 23 heavy (non-hydrogen) atoms. The van der Waals surface area contributed by atoms with Crippen molar-refractivity contribution in [3.8, 4) is 0 Å². The molecule has 2 N–H and O–H groups in total. The maximum atomic E-state index is 12.6. The summed E-state index contributed by atoms with van der Waals surface area (Å²) in [6, 6.07) is -0.303. The quantitative estimate of drug-likeness (QED) is 0.809. The van der Waals surface area contributed by atoms with Gasteiger partial charge in [-0.05, 0) is 51.4 Å². The summed E-state index contributed by atoms with van der Waals surface area (Å²) in [4.78, 5) is 37.5. The van der Waals surface area contributed by atoms with Gasteiger partial charge in [0.05, 0.1) is 5.92 Å². The van der Waals surface area contributed by atoms with E-state index in [1.54, 1.807) is 4.90 Å². The van der Waals surface area contributed by atoms with E-state index < -0.39 is 5.97 Å². The third-order valence-corrected chi connectivity index (χ3v) is 5.01. The highest BCUT2D eigenvalue weighted by atomic mass is 16.4. The first-order valence-electron chi connectivity index (χ1n) is 8.85. The Hall–Kier alpha value is -1.59. The van der Waals surface area contributed by atoms with Crippen LogP contribution in [0.1, 0.15) is 64.7 Å². The van der Waals surface area contributed by atoms with Gasteiger partial charge in [-0.25, -0.2) is 0 Å². The van der Waals surface area contributed by atoms with E-state index in [4.69, 9.17) is 5.11 Å². The van der Waals surface area contributed by atoms with Crippen molar-refractivity contribution < 1.29 is 19.5 Å². The van der Waals surface area contributed by atoms with Crippen molar-refractivity contribution in [3.63, 3.8) is 0 Å². The van der Waals surface area contributed by atoms with Gasteiger partial charge in [-0.2, -0.15) is 0 Å². The van der Waals surface area contributed by atoms with Crippen LogP contribution in [0, 0.1) is 5.92 Å². The molecule has 1 unspecified atom stereocenters. The largest absolute Gasteiger partial charge is 0.481 e. The lowest BCUT2D eigenvalue weighted by Gasteiger charge is -2.36. The van der Waals surface area contributed by atoms with Crippen LogP contribution in [-0.4, -0.2) is 46.4 Å². The van der Waals surface area contributed by atoms with Crippen LogP contribution in [-0.2, 0) is 14.4 Å². The number of carboxylic acid groups (broad SMARTS) is 1. The first-order valence-corrected chi connectivity index (χ1v) is 8.85. The van der Waals surface area contributed by atoms with E-state index in [1.807, 2.05) is 6.92 Å². The summed E-state index contributed by atoms with van der Waals surface area (Å²) in [5.74, 6) is -1.01. The number of nitrogens with one attached hydrogen (secondary N) is 1. The Balaban J connectivity index is 1.88. The van der Waals surface area contributed by atoms with E-state index in [9.17, 15) is 14.4 Å². The molecule has 2 aliphatic rings. The minimum absolute atomic E-state index is 0.0446. The Morgan fingerprint density at radius 3 is 2.39 bits per heavy atom. The molecule has 0 aromatic carbocycles. The number of carboxylic acids is 1. The van der Waals surface area contributed by atoms with Crippen LogP contribution in [0.15, 0.2) is 0 Å². The van der Waals surface area contributed by atoms with Gasteiger partial charge in [-0.1, -0.05) is 6.92 Å². The number of hydrogen-bond donors (Lipinski definition) is 2. The van der Waals surface area contributed by atoms with Crippen LogP contribution in [0.4, 0.5) is 0 Å². The van der Waals surface area contributed by atoms with Gasteiger partial charge in [0.2, 0.25) is 11.8 Å². The molecule has 0 spiro atoms. The van der Waals surface area contributed by atoms with Crippen molar-refractivity contribution in [2.75, 3.05) is 6.54 Å². The van der Waals surface area contributed by atoms with Crippen molar-refractivity contribution in [2.45, 2.75) is 76.8 Å². The second-order valence-corrected chi connectivity index (χ2v) is 6.74. The Bertz CT molecular complexity index is 444. The minimum atomic E-state index is -0.738. The van der Waals surface area contributed by atoms with Crippen LogP contribution in [0.2, 0.25) is 0 Å². The predicted octanol–water partition coefficient (Wildman–Crippen LogP) is 1.93. The summed E-state index contributed by atoms with van der Waals surface area (Å²) < 4.78 is 0. The van der Waals surface area contributed by atoms with E-state index in [2.05, 4.69) is 5.32 Å². The van der Waals surface area contributed by atoms with Crippen molar-refractivity contribution in [1.82, 2.24) is 10.2 Å². The van der Waals surface area contributed by atoms with Gasteiger partial charge >= 0.3 is 5.97 Å². The smallest absolute Gasteiger partial charge is 0.306 e. The minimum Gasteiger partial charge on any atom is -0.481 e. The Morgan fingerprint density at radius 2 is 1.78 bits per heavy atom. The molecule has 0 aromatic rings. The fourth-order valence-electron chi connectivity index (χ4n) is 3.64. The zero-order valence-corrected chi connectivity index (χ0v) is 13.9. The van der Waals surface area contributed by atoms with Crippen LogP contribution in [0.3, 0.4) is 0 Å². The number of carbonyl (C=O) groups is 3. The van der Waals surface area contributed by atoms with Crippen molar-refractivity contribution >= 4 is 17.8 Å². The molecule has 1 aliphatic heterocycles. The van der Waals surface area contributed by atoms with Gasteiger partial charge in [-0.3, -0.25) is 14.4 Å². The molecule has 1 atom stereocenters. The van der Waals surface area contributed by atoms with E-state index in [-0.39, 0.29) is 29.8 Å². The van der Waals surface area contributed by atoms with Gasteiger partial charge in [0.25, 0.3) is 0 Å². The number of hydrogen-bond acceptors (Lipinski definition) is 3. The lowest BCUT2D eigenvalue weighted by Crippen LogP contribution is -2.54. The molecule has 0 radical (unpaired) electrons. The van der Waals surface area contributed by atoms with Gasteiger partial charge in [0.15, 0.2) is 0 Å². The van der Waals surface area contributed by atoms with E-state index in [0.717, 1.165) is 25.7 Å². The van der Waals surface area contributed by atoms with Crippen LogP contribution in [0.25, 0.3) is 0 Å². The molecule has 130 valence electrons. The number of rotatable bonds is 5. The summed E-state index contributed by atoms with van der Waals surface area (Å²) in [6.07, 6.45) is 6.59. The van der Waals surface area contributed by atoms with Crippen LogP contribution >= 0.6 is 0 Å². The molecule has 2 rings (SSSR count). The molecule has 2 amide bonds. The second-order valence-electron chi connectivity index (χ2n) is 6.74. The highest BCUT2D eigenvalue weighted by Crippen LogP contribution is 2.25. The molecule has 6 heteroatoms. The summed E-state index contributed by atoms with van der Waals surface area (Å²) in [5, 5.41) is 12.1. The van der Waals surface area contributed by atoms with Crippen molar-refractivity contribution in [1.29, 1.82) is 0 Å². The van der Waals surface area contributed by atoms with Gasteiger partial charge < -0.3 is 15.3 Å². The standard InChI is InChI=1S/C17H28N2O4/c1-2-5-15(20)19-11-4-3-6-14(19)16(21)18-13-9-7-12(8-10-13)17(22)23/h12-14H,2-11H2,1H3,(H,18,21)(H,22,23). The first-order chi connectivity index (χ1) is 11.0. The number of carbonyl (C=O) groups excluding carboxylic acids is 2. The average Bonchev–Trinajstić information content (AvgIpc) is 2.55. The maximum absolute atomic E-state index is 12.6. The van der Waals surface area contributed by atoms with Crippen LogP contribution < -0.4 is 5.32 Å². The highest BCUT2D eigenvalue weighted by molar-refractivity contribution is 5.88. The number of piperidine rings is 1. The number of nitrogens with zero attached hydrogens (tertiary/aromatic N) is 1. The Kier molecular flexibility index (Phi) is 6.42. The Morgan fingerprint density at radius 1 is 1.09 bits per heavy atom. The average molecular weight is 324 g/mol. The highest BCUT2D eigenvalue weighted by Gasteiger charge is 2.34. The van der Waals surface area contributed by atoms with E-state index >= 15 is 0 Å². The number of aliphatic carboxylic acids is 1. The normalized spacial score (nSPS) is 28.2. The third kappa shape index (κ3) is 4.69. The molecular formula is C17H28N2O4. The summed E-state index contributed by atoms with van der Waals surface area (Å²) >= 11 is 0. The van der Waals surface area contributed by atoms with Crippen molar-refractivity contribution in [2.24, 2.45) is 5.92 Å². The molecular weight excluding hydrogens is 296 g/mol. The predicted molar refractivity (Wildman–Crippen MR) is 85.8 cm³/mol. The second kappa shape index (κ2) is 8.31. The number of likely N-dealkylation sites (tertiary alicyclic amines) is 1. The summed E-state index contributed by atoms with van der Waals surface area (Å²) in [7, 11) is 0. The lowest BCUT2D eigenvalue weighted by molar-refractivity contribution is -0.144. The van der Waals surface area contributed by atoms with Gasteiger partial charge in [0, 0.05) is 19.0 Å². The molecule has 1 saturated carbocycles. The molecule has 0 aromatic heterocycles. The molecule has 6 nitrogen and oxygen atoms in total. The third-order valence-electron chi connectivity index (χ3n) is 5.01. The zero-order valence-electron chi connectivity index (χ0n) is 13.9. The van der Waals surface area contributed by atoms with Crippen molar-refractivity contribution in [3.05, 3.63) is 0 Å². The molecule has 1 saturated heterocycles. The lowest BCUT2D eigenvalue weighted by atomic mass is 9.86. The number of amides is 2. The monoisotopic (exact) mass is 324 g/mol. The zero-order chi connectivity index (χ0) is 16.8. The fraction of sp³-hybridized carbons (Fsp3) is 0.824. The maximum Gasteiger partial charge on any atom is 0.306 e. The SMILES string of the molecule is CCCC(=O)N1CCCCC1C(=O)NC1CCC(C(=O)O)CC1. The molecule has 1 heterocycles. The fourth-order valence-corrected chi connectivity index (χ4v) is 3.64. The van der Waals surface area contributed by atoms with E-state index in [0.29, 0.717) is 38.6 Å². The Labute approximate surface area is 137 Å². The van der Waals surface area contributed by atoms with E-state index in [1.165, 1.54) is 0 Å². The molecule has 2 fully saturated rings. The molecule has 1 aliphatic carbocycles. The van der Waals surface area contributed by atoms with Gasteiger partial charge in [0.1, 0.15) is 6.04 Å². The summed E-state index contributed by atoms with van der Waals surface area (Å²) in [6.45, 7) is 2.64. The van der Waals surface area contributed by atoms with Crippen LogP contribution in [0.5, 0.6) is 0 Å². The van der Waals surface area contributed by atoms with Gasteiger partial charge in [-0.15, -0.1) is 0 Å². The molecule has 0 bridgehead atoms. The topological polar surface area (TPSA) is 86.7 Å². The first kappa shape index (κ1) is 17.8. The summed E-state index contributed by atoms with van der Waals surface area (Å²) in [5.41, 5.74) is 0.